The number of fused-ring (bicyclic) bond motifs is 2. The average Bonchev–Trinajstić information content (AvgIpc) is 2.31. The van der Waals surface area contributed by atoms with Crippen LogP contribution >= 0.6 is 0 Å². The third-order valence-electron chi connectivity index (χ3n) is 2.58. The molecule has 2 aliphatic heterocycles. The Hall–Kier alpha value is -0.900. The average molecular weight is 168 g/mol. The van der Waals surface area contributed by atoms with Gasteiger partial charge >= 0.3 is 0 Å². The molecular formula is C8H12N2O2. The highest BCUT2D eigenvalue weighted by Gasteiger charge is 2.38. The van der Waals surface area contributed by atoms with E-state index in [1.807, 2.05) is 0 Å². The first-order valence-corrected chi connectivity index (χ1v) is 4.23. The highest BCUT2D eigenvalue weighted by Crippen LogP contribution is 2.20. The molecule has 2 heterocycles. The number of piperazine rings is 1. The van der Waals surface area contributed by atoms with Crippen LogP contribution in [0.5, 0.6) is 0 Å². The van der Waals surface area contributed by atoms with E-state index < -0.39 is 0 Å². The molecule has 2 unspecified atom stereocenters. The van der Waals surface area contributed by atoms with Crippen molar-refractivity contribution in [2.45, 2.75) is 19.4 Å². The van der Waals surface area contributed by atoms with Gasteiger partial charge in [-0.3, -0.25) is 19.4 Å². The van der Waals surface area contributed by atoms with Gasteiger partial charge < -0.3 is 0 Å². The largest absolute Gasteiger partial charge is 0.292 e. The maximum Gasteiger partial charge on any atom is 0.243 e. The van der Waals surface area contributed by atoms with Gasteiger partial charge in [0, 0.05) is 20.0 Å². The SMILES string of the molecule is CC(=O)N1C(=O)CN2CCC1C2. The topological polar surface area (TPSA) is 40.6 Å². The van der Waals surface area contributed by atoms with Crippen molar-refractivity contribution in [1.29, 1.82) is 0 Å². The Balaban J connectivity index is 2.21. The van der Waals surface area contributed by atoms with Crippen LogP contribution in [0.25, 0.3) is 0 Å². The first-order valence-electron chi connectivity index (χ1n) is 4.23. The van der Waals surface area contributed by atoms with E-state index in [2.05, 4.69) is 4.90 Å². The van der Waals surface area contributed by atoms with Crippen LogP contribution in [-0.2, 0) is 9.59 Å². The lowest BCUT2D eigenvalue weighted by Crippen LogP contribution is -2.52. The lowest BCUT2D eigenvalue weighted by atomic mass is 10.2. The van der Waals surface area contributed by atoms with Gasteiger partial charge in [-0.05, 0) is 6.42 Å². The summed E-state index contributed by atoms with van der Waals surface area (Å²) in [6.45, 7) is 3.73. The first kappa shape index (κ1) is 7.73. The number of carbonyl (C=O) groups is 2. The van der Waals surface area contributed by atoms with Crippen molar-refractivity contribution >= 4 is 11.8 Å². The van der Waals surface area contributed by atoms with E-state index >= 15 is 0 Å². The summed E-state index contributed by atoms with van der Waals surface area (Å²) in [5, 5.41) is 0. The van der Waals surface area contributed by atoms with Gasteiger partial charge in [0.15, 0.2) is 0 Å². The number of nitrogens with zero attached hydrogens (tertiary/aromatic N) is 2. The van der Waals surface area contributed by atoms with Gasteiger partial charge in [-0.1, -0.05) is 0 Å². The number of carbonyl (C=O) groups excluding carboxylic acids is 2. The normalized spacial score (nSPS) is 34.1. The van der Waals surface area contributed by atoms with Crippen LogP contribution < -0.4 is 0 Å². The van der Waals surface area contributed by atoms with Crippen molar-refractivity contribution in [2.75, 3.05) is 19.6 Å². The summed E-state index contributed by atoms with van der Waals surface area (Å²) in [4.78, 5) is 26.0. The van der Waals surface area contributed by atoms with Crippen LogP contribution in [0.2, 0.25) is 0 Å². The maximum absolute atomic E-state index is 11.4. The summed E-state index contributed by atoms with van der Waals surface area (Å²) in [7, 11) is 0. The minimum absolute atomic E-state index is 0.0312. The lowest BCUT2D eigenvalue weighted by Gasteiger charge is -2.31. The molecule has 2 amide bonds. The van der Waals surface area contributed by atoms with E-state index in [9.17, 15) is 9.59 Å². The summed E-state index contributed by atoms with van der Waals surface area (Å²) < 4.78 is 0. The number of amides is 2. The molecule has 2 bridgehead atoms. The molecule has 0 saturated carbocycles. The zero-order valence-corrected chi connectivity index (χ0v) is 7.12. The number of hydrogen-bond acceptors (Lipinski definition) is 3. The number of hydrogen-bond donors (Lipinski definition) is 0. The molecule has 12 heavy (non-hydrogen) atoms. The highest BCUT2D eigenvalue weighted by molar-refractivity contribution is 5.96. The van der Waals surface area contributed by atoms with Gasteiger partial charge in [-0.15, -0.1) is 0 Å². The van der Waals surface area contributed by atoms with Gasteiger partial charge in [-0.25, -0.2) is 0 Å². The molecule has 66 valence electrons. The molecule has 2 rings (SSSR count). The van der Waals surface area contributed by atoms with Crippen LogP contribution in [0.15, 0.2) is 0 Å². The van der Waals surface area contributed by atoms with E-state index in [4.69, 9.17) is 0 Å². The molecule has 0 radical (unpaired) electrons. The second-order valence-corrected chi connectivity index (χ2v) is 3.46. The fourth-order valence-corrected chi connectivity index (χ4v) is 2.07. The second kappa shape index (κ2) is 2.55. The fourth-order valence-electron chi connectivity index (χ4n) is 2.07. The predicted molar refractivity (Wildman–Crippen MR) is 42.4 cm³/mol. The Morgan fingerprint density at radius 1 is 1.58 bits per heavy atom. The number of rotatable bonds is 0. The van der Waals surface area contributed by atoms with Crippen LogP contribution in [0.1, 0.15) is 13.3 Å². The van der Waals surface area contributed by atoms with Crippen molar-refractivity contribution in [3.8, 4) is 0 Å². The quantitative estimate of drug-likeness (QED) is 0.487. The van der Waals surface area contributed by atoms with Crippen LogP contribution in [0.4, 0.5) is 0 Å². The van der Waals surface area contributed by atoms with Crippen molar-refractivity contribution in [2.24, 2.45) is 0 Å². The van der Waals surface area contributed by atoms with Gasteiger partial charge in [-0.2, -0.15) is 0 Å². The zero-order chi connectivity index (χ0) is 8.72. The molecule has 4 nitrogen and oxygen atoms in total. The molecule has 0 N–H and O–H groups in total. The Bertz CT molecular complexity index is 239. The van der Waals surface area contributed by atoms with E-state index in [1.165, 1.54) is 11.8 Å². The molecule has 0 aromatic carbocycles. The van der Waals surface area contributed by atoms with E-state index in [-0.39, 0.29) is 17.9 Å². The molecule has 2 atom stereocenters. The van der Waals surface area contributed by atoms with Crippen LogP contribution in [-0.4, -0.2) is 47.3 Å². The summed E-state index contributed by atoms with van der Waals surface area (Å²) >= 11 is 0. The van der Waals surface area contributed by atoms with Gasteiger partial charge in [0.25, 0.3) is 0 Å². The third-order valence-corrected chi connectivity index (χ3v) is 2.58. The Kier molecular flexibility index (Phi) is 1.65. The van der Waals surface area contributed by atoms with E-state index in [0.717, 1.165) is 19.5 Å². The molecule has 0 spiro atoms. The molecule has 2 fully saturated rings. The van der Waals surface area contributed by atoms with Crippen molar-refractivity contribution in [3.63, 3.8) is 0 Å². The van der Waals surface area contributed by atoms with Crippen LogP contribution in [0.3, 0.4) is 0 Å². The van der Waals surface area contributed by atoms with Crippen LogP contribution in [0, 0.1) is 0 Å². The molecule has 0 aromatic rings. The minimum Gasteiger partial charge on any atom is -0.292 e. The monoisotopic (exact) mass is 168 g/mol. The van der Waals surface area contributed by atoms with Gasteiger partial charge in [0.05, 0.1) is 12.6 Å². The fraction of sp³-hybridized carbons (Fsp3) is 0.750. The smallest absolute Gasteiger partial charge is 0.243 e. The van der Waals surface area contributed by atoms with Crippen molar-refractivity contribution < 1.29 is 9.59 Å². The van der Waals surface area contributed by atoms with E-state index in [1.54, 1.807) is 0 Å². The molecule has 2 aliphatic rings. The zero-order valence-electron chi connectivity index (χ0n) is 7.12. The van der Waals surface area contributed by atoms with E-state index in [0.29, 0.717) is 6.54 Å². The minimum atomic E-state index is -0.105. The Labute approximate surface area is 71.1 Å². The molecule has 2 saturated heterocycles. The summed E-state index contributed by atoms with van der Waals surface area (Å²) in [6, 6.07) is 0.156. The molecular weight excluding hydrogens is 156 g/mol. The lowest BCUT2D eigenvalue weighted by molar-refractivity contribution is -0.148. The summed E-state index contributed by atoms with van der Waals surface area (Å²) in [6.07, 6.45) is 0.950. The van der Waals surface area contributed by atoms with Crippen molar-refractivity contribution in [1.82, 2.24) is 9.80 Å². The number of imide groups is 1. The molecule has 0 aliphatic carbocycles. The summed E-state index contributed by atoms with van der Waals surface area (Å²) in [5.41, 5.74) is 0. The highest BCUT2D eigenvalue weighted by atomic mass is 16.2. The standard InChI is InChI=1S/C8H12N2O2/c1-6(11)10-7-2-3-9(4-7)5-8(10)12/h7H,2-5H2,1H3. The molecule has 0 aromatic heterocycles. The Morgan fingerprint density at radius 3 is 3.00 bits per heavy atom. The molecule has 4 heteroatoms. The van der Waals surface area contributed by atoms with Gasteiger partial charge in [0.1, 0.15) is 0 Å². The summed E-state index contributed by atoms with van der Waals surface area (Å²) in [5.74, 6) is -0.136. The third kappa shape index (κ3) is 1.03. The maximum atomic E-state index is 11.4. The predicted octanol–water partition coefficient (Wildman–Crippen LogP) is -0.551. The Morgan fingerprint density at radius 2 is 2.33 bits per heavy atom. The first-order chi connectivity index (χ1) is 5.68. The second-order valence-electron chi connectivity index (χ2n) is 3.46. The van der Waals surface area contributed by atoms with Crippen molar-refractivity contribution in [3.05, 3.63) is 0 Å². The van der Waals surface area contributed by atoms with Gasteiger partial charge in [0.2, 0.25) is 11.8 Å².